The van der Waals surface area contributed by atoms with E-state index in [1.165, 1.54) is 0 Å². The maximum Gasteiger partial charge on any atom is 0.142 e. The second kappa shape index (κ2) is 7.04. The first-order valence-corrected chi connectivity index (χ1v) is 8.19. The van der Waals surface area contributed by atoms with Crippen molar-refractivity contribution in [2.45, 2.75) is 32.6 Å². The molecule has 0 unspecified atom stereocenters. The molecule has 130 valence electrons. The van der Waals surface area contributed by atoms with Crippen LogP contribution in [0.3, 0.4) is 0 Å². The van der Waals surface area contributed by atoms with E-state index < -0.39 is 0 Å². The average molecular weight is 328 g/mol. The summed E-state index contributed by atoms with van der Waals surface area (Å²) in [6, 6.07) is 12.0. The van der Waals surface area contributed by atoms with E-state index in [4.69, 9.17) is 20.9 Å². The van der Waals surface area contributed by atoms with Crippen molar-refractivity contribution >= 4 is 11.4 Å². The summed E-state index contributed by atoms with van der Waals surface area (Å²) >= 11 is 0. The zero-order valence-electron chi connectivity index (χ0n) is 15.2. The van der Waals surface area contributed by atoms with Crippen LogP contribution in [0.2, 0.25) is 0 Å². The molecular weight excluding hydrogens is 300 g/mol. The van der Waals surface area contributed by atoms with Crippen molar-refractivity contribution in [3.8, 4) is 11.5 Å². The molecule has 4 N–H and O–H groups in total. The highest BCUT2D eigenvalue weighted by molar-refractivity contribution is 5.59. The number of methoxy groups -OCH3 is 2. The van der Waals surface area contributed by atoms with Gasteiger partial charge in [-0.1, -0.05) is 32.9 Å². The van der Waals surface area contributed by atoms with Gasteiger partial charge in [-0.2, -0.15) is 0 Å². The number of benzene rings is 2. The van der Waals surface area contributed by atoms with Gasteiger partial charge in [0.25, 0.3) is 0 Å². The Morgan fingerprint density at radius 3 is 1.62 bits per heavy atom. The lowest BCUT2D eigenvalue weighted by Gasteiger charge is -2.33. The van der Waals surface area contributed by atoms with Gasteiger partial charge in [0.2, 0.25) is 0 Å². The van der Waals surface area contributed by atoms with E-state index in [0.29, 0.717) is 28.8 Å². The van der Waals surface area contributed by atoms with Crippen molar-refractivity contribution in [2.75, 3.05) is 25.7 Å². The first-order valence-electron chi connectivity index (χ1n) is 8.19. The summed E-state index contributed by atoms with van der Waals surface area (Å²) in [6.07, 6.45) is 0.979. The highest BCUT2D eigenvalue weighted by Crippen LogP contribution is 2.42. The summed E-state index contributed by atoms with van der Waals surface area (Å²) in [6.45, 7) is 6.69. The Balaban J connectivity index is 2.62. The van der Waals surface area contributed by atoms with Crippen LogP contribution in [0.15, 0.2) is 36.4 Å². The molecule has 0 spiro atoms. The van der Waals surface area contributed by atoms with Gasteiger partial charge < -0.3 is 20.9 Å². The third-order valence-corrected chi connectivity index (χ3v) is 4.56. The second-order valence-corrected chi connectivity index (χ2v) is 6.84. The molecule has 4 heteroatoms. The molecule has 0 saturated carbocycles. The molecule has 0 amide bonds. The first-order chi connectivity index (χ1) is 11.3. The van der Waals surface area contributed by atoms with Gasteiger partial charge in [-0.3, -0.25) is 0 Å². The lowest BCUT2D eigenvalue weighted by molar-refractivity contribution is 0.401. The molecule has 0 aliphatic rings. The zero-order valence-corrected chi connectivity index (χ0v) is 15.2. The van der Waals surface area contributed by atoms with Gasteiger partial charge in [-0.25, -0.2) is 0 Å². The molecule has 0 atom stereocenters. The zero-order chi connectivity index (χ0) is 17.9. The summed E-state index contributed by atoms with van der Waals surface area (Å²) in [7, 11) is 3.28. The van der Waals surface area contributed by atoms with Crippen LogP contribution in [0.25, 0.3) is 0 Å². The van der Waals surface area contributed by atoms with Gasteiger partial charge in [0.05, 0.1) is 25.6 Å². The molecule has 0 aliphatic carbocycles. The molecule has 24 heavy (non-hydrogen) atoms. The number of nitrogens with two attached hydrogens (primary N) is 2. The molecule has 2 aromatic rings. The monoisotopic (exact) mass is 328 g/mol. The van der Waals surface area contributed by atoms with Crippen LogP contribution >= 0.6 is 0 Å². The molecule has 0 fully saturated rings. The van der Waals surface area contributed by atoms with Crippen LogP contribution < -0.4 is 20.9 Å². The van der Waals surface area contributed by atoms with Gasteiger partial charge in [0, 0.05) is 5.41 Å². The predicted molar refractivity (Wildman–Crippen MR) is 101 cm³/mol. The second-order valence-electron chi connectivity index (χ2n) is 6.84. The molecule has 2 aromatic carbocycles. The lowest BCUT2D eigenvalue weighted by Crippen LogP contribution is -2.26. The van der Waals surface area contributed by atoms with Crippen molar-refractivity contribution in [3.63, 3.8) is 0 Å². The standard InChI is InChI=1S/C20H28N2O2/c1-13(2)12-20(3,14-6-8-16(21)18(10-14)23-4)15-7-9-17(22)19(11-15)24-5/h6-11,13H,12,21-22H2,1-5H3. The van der Waals surface area contributed by atoms with Crippen molar-refractivity contribution in [1.82, 2.24) is 0 Å². The van der Waals surface area contributed by atoms with E-state index in [0.717, 1.165) is 17.5 Å². The van der Waals surface area contributed by atoms with Crippen LogP contribution in [-0.4, -0.2) is 14.2 Å². The third-order valence-electron chi connectivity index (χ3n) is 4.56. The summed E-state index contributed by atoms with van der Waals surface area (Å²) in [5.74, 6) is 1.91. The fourth-order valence-corrected chi connectivity index (χ4v) is 3.33. The number of ether oxygens (including phenoxy) is 2. The third kappa shape index (κ3) is 3.42. The average Bonchev–Trinajstić information content (AvgIpc) is 2.54. The Morgan fingerprint density at radius 1 is 0.875 bits per heavy atom. The van der Waals surface area contributed by atoms with E-state index in [1.807, 2.05) is 24.3 Å². The molecule has 0 radical (unpaired) electrons. The molecule has 4 nitrogen and oxygen atoms in total. The fourth-order valence-electron chi connectivity index (χ4n) is 3.33. The normalized spacial score (nSPS) is 11.6. The highest BCUT2D eigenvalue weighted by atomic mass is 16.5. The van der Waals surface area contributed by atoms with Crippen molar-refractivity contribution in [2.24, 2.45) is 5.92 Å². The minimum absolute atomic E-state index is 0.198. The Hall–Kier alpha value is -2.36. The Morgan fingerprint density at radius 2 is 1.29 bits per heavy atom. The molecule has 0 aliphatic heterocycles. The molecule has 0 heterocycles. The van der Waals surface area contributed by atoms with Gasteiger partial charge in [-0.15, -0.1) is 0 Å². The molecule has 0 bridgehead atoms. The largest absolute Gasteiger partial charge is 0.495 e. The molecule has 2 rings (SSSR count). The van der Waals surface area contributed by atoms with Crippen LogP contribution in [-0.2, 0) is 5.41 Å². The van der Waals surface area contributed by atoms with E-state index in [-0.39, 0.29) is 5.41 Å². The number of rotatable bonds is 6. The minimum atomic E-state index is -0.198. The van der Waals surface area contributed by atoms with Crippen LogP contribution in [0.1, 0.15) is 38.3 Å². The fraction of sp³-hybridized carbons (Fsp3) is 0.400. The van der Waals surface area contributed by atoms with Crippen molar-refractivity contribution < 1.29 is 9.47 Å². The van der Waals surface area contributed by atoms with Gasteiger partial charge >= 0.3 is 0 Å². The highest BCUT2D eigenvalue weighted by Gasteiger charge is 2.31. The quantitative estimate of drug-likeness (QED) is 0.779. The van der Waals surface area contributed by atoms with Gasteiger partial charge in [0.1, 0.15) is 11.5 Å². The van der Waals surface area contributed by atoms with Crippen molar-refractivity contribution in [1.29, 1.82) is 0 Å². The maximum atomic E-state index is 5.99. The Labute approximate surface area is 144 Å². The summed E-state index contributed by atoms with van der Waals surface area (Å²) in [5, 5.41) is 0. The van der Waals surface area contributed by atoms with Crippen LogP contribution in [0.4, 0.5) is 11.4 Å². The SMILES string of the molecule is COc1cc(C(C)(CC(C)C)c2ccc(N)c(OC)c2)ccc1N. The van der Waals surface area contributed by atoms with E-state index in [2.05, 4.69) is 32.9 Å². The minimum Gasteiger partial charge on any atom is -0.495 e. The number of hydrogen-bond donors (Lipinski definition) is 2. The smallest absolute Gasteiger partial charge is 0.142 e. The molecule has 0 aromatic heterocycles. The van der Waals surface area contributed by atoms with Gasteiger partial charge in [-0.05, 0) is 47.7 Å². The summed E-state index contributed by atoms with van der Waals surface area (Å²) in [4.78, 5) is 0. The Kier molecular flexibility index (Phi) is 5.27. The van der Waals surface area contributed by atoms with E-state index in [1.54, 1.807) is 14.2 Å². The summed E-state index contributed by atoms with van der Waals surface area (Å²) in [5.41, 5.74) is 15.4. The molecular formula is C20H28N2O2. The van der Waals surface area contributed by atoms with E-state index in [9.17, 15) is 0 Å². The number of nitrogen functional groups attached to an aromatic ring is 2. The van der Waals surface area contributed by atoms with Crippen LogP contribution in [0.5, 0.6) is 11.5 Å². The van der Waals surface area contributed by atoms with Crippen LogP contribution in [0, 0.1) is 5.92 Å². The predicted octanol–water partition coefficient (Wildman–Crippen LogP) is 4.22. The first kappa shape index (κ1) is 18.0. The molecule has 0 saturated heterocycles. The topological polar surface area (TPSA) is 70.5 Å². The Bertz CT molecular complexity index is 657. The maximum absolute atomic E-state index is 5.99. The van der Waals surface area contributed by atoms with Crippen molar-refractivity contribution in [3.05, 3.63) is 47.5 Å². The van der Waals surface area contributed by atoms with Gasteiger partial charge in [0.15, 0.2) is 0 Å². The number of anilines is 2. The lowest BCUT2D eigenvalue weighted by atomic mass is 9.71. The summed E-state index contributed by atoms with van der Waals surface area (Å²) < 4.78 is 10.8. The number of hydrogen-bond acceptors (Lipinski definition) is 4. The van der Waals surface area contributed by atoms with E-state index >= 15 is 0 Å².